The smallest absolute Gasteiger partial charge is 0.408 e. The van der Waals surface area contributed by atoms with Crippen LogP contribution < -0.4 is 10.5 Å². The molecular formula is C18H31N3O4S2. The molecule has 2 amide bonds. The fourth-order valence-electron chi connectivity index (χ4n) is 2.35. The van der Waals surface area contributed by atoms with Crippen LogP contribution in [0.4, 0.5) is 4.79 Å². The zero-order valence-corrected chi connectivity index (χ0v) is 18.7. The van der Waals surface area contributed by atoms with Gasteiger partial charge in [-0.15, -0.1) is 15.7 Å². The zero-order chi connectivity index (χ0) is 21.0. The average molecular weight is 418 g/mol. The highest BCUT2D eigenvalue weighted by molar-refractivity contribution is 7.93. The minimum Gasteiger partial charge on any atom is -0.444 e. The predicted molar refractivity (Wildman–Crippen MR) is 109 cm³/mol. The van der Waals surface area contributed by atoms with E-state index in [-0.39, 0.29) is 11.8 Å². The summed E-state index contributed by atoms with van der Waals surface area (Å²) in [6, 6.07) is 0.883. The number of rotatable bonds is 6. The summed E-state index contributed by atoms with van der Waals surface area (Å²) in [4.78, 5) is 24.7. The lowest BCUT2D eigenvalue weighted by atomic mass is 10.0. The molecule has 3 N–H and O–H groups in total. The highest BCUT2D eigenvalue weighted by Gasteiger charge is 2.27. The lowest BCUT2D eigenvalue weighted by Crippen LogP contribution is -2.44. The summed E-state index contributed by atoms with van der Waals surface area (Å²) >= 11 is 1.22. The van der Waals surface area contributed by atoms with Crippen LogP contribution in [0, 0.1) is 5.92 Å². The van der Waals surface area contributed by atoms with Gasteiger partial charge in [0.15, 0.2) is 9.92 Å². The van der Waals surface area contributed by atoms with E-state index in [1.807, 2.05) is 33.8 Å². The zero-order valence-electron chi connectivity index (χ0n) is 17.1. The second-order valence-electron chi connectivity index (χ2n) is 8.14. The molecule has 1 aromatic rings. The molecule has 0 bridgehead atoms. The first-order valence-corrected chi connectivity index (χ1v) is 11.3. The van der Waals surface area contributed by atoms with Crippen LogP contribution >= 0.6 is 11.3 Å². The Balaban J connectivity index is 3.14. The Morgan fingerprint density at radius 2 is 1.89 bits per heavy atom. The first-order chi connectivity index (χ1) is 12.2. The molecular weight excluding hydrogens is 386 g/mol. The molecule has 0 spiro atoms. The molecule has 27 heavy (non-hydrogen) atoms. The molecule has 0 aliphatic rings. The standard InChI is InChI=1S/C18H31N3O4S2/c1-11(2)10-14(20-17(23)25-18(5,6)7)15(22)21-27(19,24)16-13(12(3)4)8-9-26-16/h8-9,11-12,14H,10H2,1-7H3,(H,20,23)(H2,19,21,22,24)/t14-,27?/m0/s1. The van der Waals surface area contributed by atoms with Crippen molar-refractivity contribution >= 4 is 33.3 Å². The second-order valence-corrected chi connectivity index (χ2v) is 11.0. The van der Waals surface area contributed by atoms with E-state index >= 15 is 0 Å². The van der Waals surface area contributed by atoms with Crippen molar-refractivity contribution in [1.82, 2.24) is 5.32 Å². The molecule has 2 atom stereocenters. The van der Waals surface area contributed by atoms with Crippen molar-refractivity contribution in [1.29, 1.82) is 0 Å². The molecule has 0 radical (unpaired) electrons. The number of hydrogen-bond acceptors (Lipinski definition) is 5. The number of ether oxygens (including phenoxy) is 1. The van der Waals surface area contributed by atoms with Crippen LogP contribution in [0.25, 0.3) is 0 Å². The van der Waals surface area contributed by atoms with Crippen LogP contribution in [-0.2, 0) is 19.4 Å². The van der Waals surface area contributed by atoms with E-state index in [1.54, 1.807) is 26.2 Å². The lowest BCUT2D eigenvalue weighted by Gasteiger charge is -2.23. The highest BCUT2D eigenvalue weighted by Crippen LogP contribution is 2.29. The third-order valence-electron chi connectivity index (χ3n) is 3.47. The number of nitrogens with two attached hydrogens (primary N) is 1. The van der Waals surface area contributed by atoms with Gasteiger partial charge in [-0.25, -0.2) is 14.1 Å². The predicted octanol–water partition coefficient (Wildman–Crippen LogP) is 4.04. The first-order valence-electron chi connectivity index (χ1n) is 8.88. The third kappa shape index (κ3) is 7.59. The van der Waals surface area contributed by atoms with Gasteiger partial charge < -0.3 is 10.1 Å². The van der Waals surface area contributed by atoms with Crippen LogP contribution in [-0.4, -0.2) is 27.9 Å². The van der Waals surface area contributed by atoms with Gasteiger partial charge in [0.1, 0.15) is 15.9 Å². The maximum Gasteiger partial charge on any atom is 0.408 e. The molecule has 1 unspecified atom stereocenters. The largest absolute Gasteiger partial charge is 0.444 e. The normalized spacial score (nSPS) is 15.3. The molecule has 0 aromatic carbocycles. The number of carbonyl (C=O) groups is 2. The van der Waals surface area contributed by atoms with Crippen molar-refractivity contribution < 1.29 is 18.5 Å². The van der Waals surface area contributed by atoms with Crippen molar-refractivity contribution in [3.8, 4) is 0 Å². The molecule has 0 aliphatic heterocycles. The third-order valence-corrected chi connectivity index (χ3v) is 6.41. The van der Waals surface area contributed by atoms with Crippen molar-refractivity contribution in [3.05, 3.63) is 17.0 Å². The van der Waals surface area contributed by atoms with Crippen LogP contribution in [0.2, 0.25) is 0 Å². The molecule has 9 heteroatoms. The lowest BCUT2D eigenvalue weighted by molar-refractivity contribution is -0.120. The fourth-order valence-corrected chi connectivity index (χ4v) is 5.08. The number of amides is 2. The second kappa shape index (κ2) is 9.16. The van der Waals surface area contributed by atoms with Gasteiger partial charge in [0.2, 0.25) is 0 Å². The van der Waals surface area contributed by atoms with E-state index < -0.39 is 33.6 Å². The van der Waals surface area contributed by atoms with Crippen molar-refractivity contribution in [2.45, 2.75) is 76.7 Å². The topological polar surface area (TPSA) is 111 Å². The SMILES string of the molecule is CC(C)C[C@H](NC(=O)OC(C)(C)C)C(=O)N=S(N)(=O)c1sccc1C(C)C. The Morgan fingerprint density at radius 3 is 2.37 bits per heavy atom. The fraction of sp³-hybridized carbons (Fsp3) is 0.667. The molecule has 1 aromatic heterocycles. The van der Waals surface area contributed by atoms with Gasteiger partial charge in [-0.3, -0.25) is 4.79 Å². The summed E-state index contributed by atoms with van der Waals surface area (Å²) in [6.45, 7) is 12.9. The van der Waals surface area contributed by atoms with Gasteiger partial charge in [-0.1, -0.05) is 27.7 Å². The maximum absolute atomic E-state index is 12.9. The number of carbonyl (C=O) groups excluding carboxylic acids is 2. The van der Waals surface area contributed by atoms with E-state index in [0.29, 0.717) is 10.6 Å². The summed E-state index contributed by atoms with van der Waals surface area (Å²) in [5, 5.41) is 10.2. The van der Waals surface area contributed by atoms with Crippen molar-refractivity contribution in [3.63, 3.8) is 0 Å². The molecule has 1 heterocycles. The number of nitrogens with zero attached hydrogens (tertiary/aromatic N) is 1. The van der Waals surface area contributed by atoms with Crippen LogP contribution in [0.3, 0.4) is 0 Å². The van der Waals surface area contributed by atoms with Gasteiger partial charge in [-0.2, -0.15) is 0 Å². The average Bonchev–Trinajstić information content (AvgIpc) is 2.93. The van der Waals surface area contributed by atoms with E-state index in [2.05, 4.69) is 9.68 Å². The molecule has 0 aliphatic carbocycles. The van der Waals surface area contributed by atoms with Gasteiger partial charge in [0.25, 0.3) is 5.91 Å². The number of alkyl carbamates (subject to hydrolysis) is 1. The summed E-state index contributed by atoms with van der Waals surface area (Å²) in [6.07, 6.45) is -0.391. The van der Waals surface area contributed by atoms with Gasteiger partial charge in [-0.05, 0) is 56.0 Å². The minimum absolute atomic E-state index is 0.103. The van der Waals surface area contributed by atoms with Crippen LogP contribution in [0.1, 0.15) is 66.4 Å². The van der Waals surface area contributed by atoms with Crippen molar-refractivity contribution in [2.24, 2.45) is 15.4 Å². The first kappa shape index (κ1) is 23.6. The molecule has 154 valence electrons. The maximum atomic E-state index is 12.9. The quantitative estimate of drug-likeness (QED) is 0.727. The Labute approximate surface area is 166 Å². The Bertz CT molecular complexity index is 785. The summed E-state index contributed by atoms with van der Waals surface area (Å²) in [5.74, 6) is -0.511. The van der Waals surface area contributed by atoms with Crippen LogP contribution in [0.5, 0.6) is 0 Å². The minimum atomic E-state index is -3.39. The molecule has 0 saturated heterocycles. The summed E-state index contributed by atoms with van der Waals surface area (Å²) in [7, 11) is -3.39. The monoisotopic (exact) mass is 417 g/mol. The number of hydrogen-bond donors (Lipinski definition) is 2. The molecule has 0 fully saturated rings. The number of thiophene rings is 1. The van der Waals surface area contributed by atoms with E-state index in [0.717, 1.165) is 5.56 Å². The molecule has 7 nitrogen and oxygen atoms in total. The number of nitrogens with one attached hydrogen (secondary N) is 1. The Kier molecular flexibility index (Phi) is 8.00. The van der Waals surface area contributed by atoms with Gasteiger partial charge >= 0.3 is 6.09 Å². The summed E-state index contributed by atoms with van der Waals surface area (Å²) < 4.78 is 22.4. The van der Waals surface area contributed by atoms with Crippen molar-refractivity contribution in [2.75, 3.05) is 0 Å². The van der Waals surface area contributed by atoms with Gasteiger partial charge in [0.05, 0.1) is 0 Å². The highest BCUT2D eigenvalue weighted by atomic mass is 32.2. The van der Waals surface area contributed by atoms with E-state index in [4.69, 9.17) is 9.88 Å². The molecule has 0 saturated carbocycles. The van der Waals surface area contributed by atoms with E-state index in [9.17, 15) is 13.8 Å². The summed E-state index contributed by atoms with van der Waals surface area (Å²) in [5.41, 5.74) is 0.113. The Hall–Kier alpha value is -1.45. The molecule has 1 rings (SSSR count). The van der Waals surface area contributed by atoms with Gasteiger partial charge in [0, 0.05) is 0 Å². The van der Waals surface area contributed by atoms with Crippen LogP contribution in [0.15, 0.2) is 20.0 Å². The van der Waals surface area contributed by atoms with E-state index in [1.165, 1.54) is 11.3 Å². The Morgan fingerprint density at radius 1 is 1.30 bits per heavy atom.